The second-order valence-electron chi connectivity index (χ2n) is 11.9. The number of benzene rings is 3. The SMILES string of the molecule is CCc1ccccc1N1CN(Cc2ccc(NC(=O)Nc3cc(C(C)(C)C)nn3-c3ccc(C)cc3)cc2)CCC1=O. The van der Waals surface area contributed by atoms with Gasteiger partial charge in [-0.05, 0) is 54.8 Å². The molecule has 0 aliphatic carbocycles. The van der Waals surface area contributed by atoms with Crippen molar-refractivity contribution >= 4 is 29.1 Å². The van der Waals surface area contributed by atoms with Crippen LogP contribution in [-0.4, -0.2) is 39.8 Å². The minimum absolute atomic E-state index is 0.163. The molecule has 2 N–H and O–H groups in total. The fourth-order valence-corrected chi connectivity index (χ4v) is 5.10. The molecule has 0 radical (unpaired) electrons. The summed E-state index contributed by atoms with van der Waals surface area (Å²) in [5, 5.41) is 10.7. The lowest BCUT2D eigenvalue weighted by Gasteiger charge is -2.36. The van der Waals surface area contributed by atoms with Crippen LogP contribution in [0.25, 0.3) is 5.69 Å². The number of nitrogens with one attached hydrogen (secondary N) is 2. The Hall–Kier alpha value is -4.43. The van der Waals surface area contributed by atoms with E-state index in [-0.39, 0.29) is 17.4 Å². The first kappa shape index (κ1) is 29.1. The zero-order valence-corrected chi connectivity index (χ0v) is 25.1. The molecule has 1 fully saturated rings. The topological polar surface area (TPSA) is 82.5 Å². The Balaban J connectivity index is 1.23. The number of hydrogen-bond acceptors (Lipinski definition) is 4. The number of urea groups is 1. The number of para-hydroxylation sites is 1. The molecule has 8 heteroatoms. The summed E-state index contributed by atoms with van der Waals surface area (Å²) in [4.78, 5) is 30.0. The molecule has 2 heterocycles. The van der Waals surface area contributed by atoms with Gasteiger partial charge in [0.15, 0.2) is 0 Å². The lowest BCUT2D eigenvalue weighted by Crippen LogP contribution is -2.48. The minimum atomic E-state index is -0.337. The molecule has 0 bridgehead atoms. The predicted octanol–water partition coefficient (Wildman–Crippen LogP) is 6.88. The predicted molar refractivity (Wildman–Crippen MR) is 169 cm³/mol. The van der Waals surface area contributed by atoms with Gasteiger partial charge >= 0.3 is 6.03 Å². The van der Waals surface area contributed by atoms with Crippen molar-refractivity contribution < 1.29 is 9.59 Å². The van der Waals surface area contributed by atoms with Crippen molar-refractivity contribution in [3.8, 4) is 5.69 Å². The van der Waals surface area contributed by atoms with Gasteiger partial charge in [0, 0.05) is 42.4 Å². The summed E-state index contributed by atoms with van der Waals surface area (Å²) in [6.45, 7) is 12.5. The Morgan fingerprint density at radius 1 is 0.952 bits per heavy atom. The van der Waals surface area contributed by atoms with Crippen LogP contribution in [0.2, 0.25) is 0 Å². The Labute approximate surface area is 248 Å². The summed E-state index contributed by atoms with van der Waals surface area (Å²) in [5.74, 6) is 0.766. The first-order valence-corrected chi connectivity index (χ1v) is 14.6. The van der Waals surface area contributed by atoms with Crippen LogP contribution in [0.15, 0.2) is 78.9 Å². The van der Waals surface area contributed by atoms with Crippen molar-refractivity contribution in [2.75, 3.05) is 28.7 Å². The lowest BCUT2D eigenvalue weighted by atomic mass is 9.92. The van der Waals surface area contributed by atoms with Gasteiger partial charge in [-0.1, -0.05) is 75.7 Å². The number of amides is 3. The van der Waals surface area contributed by atoms with Crippen molar-refractivity contribution in [1.82, 2.24) is 14.7 Å². The van der Waals surface area contributed by atoms with E-state index in [2.05, 4.69) is 49.3 Å². The summed E-state index contributed by atoms with van der Waals surface area (Å²) in [6.07, 6.45) is 1.38. The van der Waals surface area contributed by atoms with E-state index in [9.17, 15) is 9.59 Å². The van der Waals surface area contributed by atoms with Crippen molar-refractivity contribution in [2.45, 2.75) is 59.4 Å². The third-order valence-electron chi connectivity index (χ3n) is 7.56. The van der Waals surface area contributed by atoms with E-state index in [0.717, 1.165) is 47.7 Å². The Kier molecular flexibility index (Phi) is 8.45. The summed E-state index contributed by atoms with van der Waals surface area (Å²) in [6, 6.07) is 25.6. The van der Waals surface area contributed by atoms with Crippen LogP contribution >= 0.6 is 0 Å². The first-order chi connectivity index (χ1) is 20.1. The number of aromatic nitrogens is 2. The van der Waals surface area contributed by atoms with Gasteiger partial charge in [-0.25, -0.2) is 9.48 Å². The molecule has 3 aromatic carbocycles. The largest absolute Gasteiger partial charge is 0.324 e. The van der Waals surface area contributed by atoms with E-state index >= 15 is 0 Å². The van der Waals surface area contributed by atoms with E-state index in [1.54, 1.807) is 4.68 Å². The highest BCUT2D eigenvalue weighted by Gasteiger charge is 2.26. The van der Waals surface area contributed by atoms with Crippen molar-refractivity contribution in [3.05, 3.63) is 101 Å². The molecule has 8 nitrogen and oxygen atoms in total. The van der Waals surface area contributed by atoms with Gasteiger partial charge in [0.25, 0.3) is 0 Å². The first-order valence-electron chi connectivity index (χ1n) is 14.6. The molecule has 4 aromatic rings. The maximum absolute atomic E-state index is 13.0. The Bertz CT molecular complexity index is 1550. The molecular formula is C34H40N6O2. The highest BCUT2D eigenvalue weighted by Crippen LogP contribution is 2.27. The zero-order chi connectivity index (χ0) is 29.9. The fourth-order valence-electron chi connectivity index (χ4n) is 5.10. The fraction of sp³-hybridized carbons (Fsp3) is 0.324. The highest BCUT2D eigenvalue weighted by molar-refractivity contribution is 5.99. The third kappa shape index (κ3) is 6.71. The summed E-state index contributed by atoms with van der Waals surface area (Å²) >= 11 is 0. The second kappa shape index (κ2) is 12.2. The number of nitrogens with zero attached hydrogens (tertiary/aromatic N) is 4. The molecule has 0 unspecified atom stereocenters. The standard InChI is InChI=1S/C34H40N6O2/c1-6-26-9-7-8-10-29(26)39-23-38(20-19-32(39)41)22-25-13-15-27(16-14-25)35-33(42)36-31-21-30(34(3,4)5)37-40(31)28-17-11-24(2)12-18-28/h7-18,21H,6,19-20,22-23H2,1-5H3,(H2,35,36,42). The number of anilines is 3. The van der Waals surface area contributed by atoms with Gasteiger partial charge in [0.1, 0.15) is 5.82 Å². The molecule has 1 aliphatic rings. The molecule has 3 amide bonds. The van der Waals surface area contributed by atoms with Gasteiger partial charge in [-0.3, -0.25) is 19.9 Å². The maximum atomic E-state index is 13.0. The number of carbonyl (C=O) groups is 2. The maximum Gasteiger partial charge on any atom is 0.324 e. The summed E-state index contributed by atoms with van der Waals surface area (Å²) < 4.78 is 1.77. The van der Waals surface area contributed by atoms with E-state index < -0.39 is 0 Å². The molecule has 1 aliphatic heterocycles. The normalized spacial score (nSPS) is 14.2. The summed E-state index contributed by atoms with van der Waals surface area (Å²) in [5.41, 5.74) is 6.75. The van der Waals surface area contributed by atoms with Gasteiger partial charge in [0.05, 0.1) is 18.1 Å². The number of aryl methyl sites for hydroxylation is 2. The molecule has 1 saturated heterocycles. The molecule has 5 rings (SSSR count). The molecule has 0 atom stereocenters. The number of carbonyl (C=O) groups excluding carboxylic acids is 2. The Morgan fingerprint density at radius 2 is 1.67 bits per heavy atom. The second-order valence-corrected chi connectivity index (χ2v) is 11.9. The van der Waals surface area contributed by atoms with Gasteiger partial charge in [-0.15, -0.1) is 0 Å². The smallest absolute Gasteiger partial charge is 0.308 e. The molecular weight excluding hydrogens is 524 g/mol. The van der Waals surface area contributed by atoms with Crippen LogP contribution in [0.3, 0.4) is 0 Å². The average molecular weight is 565 g/mol. The minimum Gasteiger partial charge on any atom is -0.308 e. The van der Waals surface area contributed by atoms with Crippen LogP contribution in [0.4, 0.5) is 22.0 Å². The van der Waals surface area contributed by atoms with E-state index in [4.69, 9.17) is 5.10 Å². The van der Waals surface area contributed by atoms with Crippen LogP contribution < -0.4 is 15.5 Å². The van der Waals surface area contributed by atoms with Crippen LogP contribution in [-0.2, 0) is 23.2 Å². The lowest BCUT2D eigenvalue weighted by molar-refractivity contribution is -0.121. The van der Waals surface area contributed by atoms with Gasteiger partial charge in [0.2, 0.25) is 5.91 Å². The van der Waals surface area contributed by atoms with Crippen molar-refractivity contribution in [2.24, 2.45) is 0 Å². The van der Waals surface area contributed by atoms with E-state index in [1.807, 2.05) is 84.6 Å². The number of rotatable bonds is 7. The molecule has 218 valence electrons. The third-order valence-corrected chi connectivity index (χ3v) is 7.56. The van der Waals surface area contributed by atoms with E-state index in [1.165, 1.54) is 5.56 Å². The molecule has 1 aromatic heterocycles. The van der Waals surface area contributed by atoms with Crippen LogP contribution in [0.1, 0.15) is 56.5 Å². The molecule has 0 saturated carbocycles. The highest BCUT2D eigenvalue weighted by atomic mass is 16.2. The number of hydrogen-bond donors (Lipinski definition) is 2. The quantitative estimate of drug-likeness (QED) is 0.256. The summed E-state index contributed by atoms with van der Waals surface area (Å²) in [7, 11) is 0. The van der Waals surface area contributed by atoms with Crippen LogP contribution in [0, 0.1) is 6.92 Å². The van der Waals surface area contributed by atoms with Crippen LogP contribution in [0.5, 0.6) is 0 Å². The molecule has 42 heavy (non-hydrogen) atoms. The van der Waals surface area contributed by atoms with Crippen molar-refractivity contribution in [3.63, 3.8) is 0 Å². The molecule has 0 spiro atoms. The van der Waals surface area contributed by atoms with Crippen molar-refractivity contribution in [1.29, 1.82) is 0 Å². The average Bonchev–Trinajstić information content (AvgIpc) is 3.40. The Morgan fingerprint density at radius 3 is 2.36 bits per heavy atom. The van der Waals surface area contributed by atoms with Gasteiger partial charge < -0.3 is 5.32 Å². The van der Waals surface area contributed by atoms with Gasteiger partial charge in [-0.2, -0.15) is 5.10 Å². The monoisotopic (exact) mass is 564 g/mol. The van der Waals surface area contributed by atoms with E-state index in [0.29, 0.717) is 24.6 Å². The zero-order valence-electron chi connectivity index (χ0n) is 25.1.